The Hall–Kier alpha value is -3.50. The molecule has 0 radical (unpaired) electrons. The number of pyridine rings is 2. The van der Waals surface area contributed by atoms with Crippen LogP contribution in [0.15, 0.2) is 83.4 Å². The summed E-state index contributed by atoms with van der Waals surface area (Å²) in [6.07, 6.45) is 5.13. The highest BCUT2D eigenvalue weighted by Crippen LogP contribution is 2.32. The molecule has 0 fully saturated rings. The zero-order valence-corrected chi connectivity index (χ0v) is 14.3. The van der Waals surface area contributed by atoms with Crippen molar-refractivity contribution in [3.05, 3.63) is 78.8 Å². The predicted molar refractivity (Wildman–Crippen MR) is 97.7 cm³/mol. The van der Waals surface area contributed by atoms with Gasteiger partial charge in [0.15, 0.2) is 5.82 Å². The van der Waals surface area contributed by atoms with Crippen LogP contribution in [0, 0.1) is 11.3 Å². The molecular weight excluding hydrogens is 344 g/mol. The lowest BCUT2D eigenvalue weighted by molar-refractivity contribution is 0.882. The topological polar surface area (TPSA) is 80.3 Å². The summed E-state index contributed by atoms with van der Waals surface area (Å²) in [5.74, 6) is 0.682. The number of nitriles is 1. The lowest BCUT2D eigenvalue weighted by Crippen LogP contribution is -2.00. The molecule has 4 rings (SSSR count). The Kier molecular flexibility index (Phi) is 4.41. The van der Waals surface area contributed by atoms with Gasteiger partial charge in [-0.05, 0) is 48.2 Å². The number of nitrogens with zero attached hydrogens (tertiary/aromatic N) is 6. The molecule has 0 aliphatic heterocycles. The van der Waals surface area contributed by atoms with Crippen LogP contribution in [0.3, 0.4) is 0 Å². The Morgan fingerprint density at radius 3 is 2.54 bits per heavy atom. The van der Waals surface area contributed by atoms with Crippen molar-refractivity contribution in [3.63, 3.8) is 0 Å². The zero-order valence-electron chi connectivity index (χ0n) is 13.5. The van der Waals surface area contributed by atoms with Crippen LogP contribution in [-0.4, -0.2) is 24.7 Å². The number of aromatic nitrogens is 5. The van der Waals surface area contributed by atoms with E-state index >= 15 is 0 Å². The summed E-state index contributed by atoms with van der Waals surface area (Å²) in [5, 5.41) is 19.2. The average molecular weight is 356 g/mol. The Morgan fingerprint density at radius 1 is 0.923 bits per heavy atom. The lowest BCUT2D eigenvalue weighted by atomic mass is 10.2. The summed E-state index contributed by atoms with van der Waals surface area (Å²) < 4.78 is 1.94. The Labute approximate surface area is 154 Å². The first kappa shape index (κ1) is 16.0. The van der Waals surface area contributed by atoms with Gasteiger partial charge >= 0.3 is 0 Å². The second-order valence-electron chi connectivity index (χ2n) is 5.29. The third-order valence-corrected chi connectivity index (χ3v) is 4.61. The van der Waals surface area contributed by atoms with E-state index in [0.717, 1.165) is 11.3 Å². The first-order chi connectivity index (χ1) is 12.9. The predicted octanol–water partition coefficient (Wildman–Crippen LogP) is 3.75. The van der Waals surface area contributed by atoms with Crippen LogP contribution in [0.4, 0.5) is 0 Å². The molecule has 3 heterocycles. The quantitative estimate of drug-likeness (QED) is 0.554. The van der Waals surface area contributed by atoms with Crippen molar-refractivity contribution < 1.29 is 0 Å². The van der Waals surface area contributed by atoms with Gasteiger partial charge in [-0.25, -0.2) is 4.98 Å². The molecule has 0 unspecified atom stereocenters. The SMILES string of the molecule is N#Cc1cccnc1Sc1nnc(-c2cccnc2)n1-c1ccccc1. The van der Waals surface area contributed by atoms with Gasteiger partial charge in [-0.1, -0.05) is 18.2 Å². The molecule has 26 heavy (non-hydrogen) atoms. The smallest absolute Gasteiger partial charge is 0.202 e. The largest absolute Gasteiger partial charge is 0.270 e. The molecule has 0 saturated carbocycles. The maximum atomic E-state index is 9.31. The molecular formula is C19H12N6S. The van der Waals surface area contributed by atoms with Crippen LogP contribution in [-0.2, 0) is 0 Å². The van der Waals surface area contributed by atoms with Crippen LogP contribution in [0.5, 0.6) is 0 Å². The van der Waals surface area contributed by atoms with Crippen molar-refractivity contribution in [3.8, 4) is 23.1 Å². The van der Waals surface area contributed by atoms with Gasteiger partial charge in [0.2, 0.25) is 5.16 Å². The Bertz CT molecular complexity index is 1070. The fourth-order valence-corrected chi connectivity index (χ4v) is 3.35. The van der Waals surface area contributed by atoms with Crippen molar-refractivity contribution in [2.24, 2.45) is 0 Å². The second kappa shape index (κ2) is 7.17. The zero-order chi connectivity index (χ0) is 17.8. The molecule has 0 amide bonds. The maximum Gasteiger partial charge on any atom is 0.202 e. The molecule has 0 N–H and O–H groups in total. The monoisotopic (exact) mass is 356 g/mol. The molecule has 0 aliphatic rings. The molecule has 6 nitrogen and oxygen atoms in total. The number of rotatable bonds is 4. The molecule has 0 spiro atoms. The summed E-state index contributed by atoms with van der Waals surface area (Å²) in [4.78, 5) is 8.48. The second-order valence-corrected chi connectivity index (χ2v) is 6.24. The first-order valence-electron chi connectivity index (χ1n) is 7.81. The van der Waals surface area contributed by atoms with Crippen molar-refractivity contribution in [2.75, 3.05) is 0 Å². The van der Waals surface area contributed by atoms with Gasteiger partial charge in [0, 0.05) is 29.8 Å². The highest BCUT2D eigenvalue weighted by Gasteiger charge is 2.18. The van der Waals surface area contributed by atoms with E-state index in [1.807, 2.05) is 47.0 Å². The van der Waals surface area contributed by atoms with Crippen LogP contribution in [0.25, 0.3) is 17.1 Å². The first-order valence-corrected chi connectivity index (χ1v) is 8.62. The number of hydrogen-bond donors (Lipinski definition) is 0. The normalized spacial score (nSPS) is 10.4. The van der Waals surface area contributed by atoms with E-state index in [4.69, 9.17) is 0 Å². The van der Waals surface area contributed by atoms with Gasteiger partial charge in [0.05, 0.1) is 5.56 Å². The van der Waals surface area contributed by atoms with E-state index in [1.54, 1.807) is 30.7 Å². The van der Waals surface area contributed by atoms with Crippen molar-refractivity contribution in [2.45, 2.75) is 10.2 Å². The molecule has 0 saturated heterocycles. The van der Waals surface area contributed by atoms with E-state index in [9.17, 15) is 5.26 Å². The van der Waals surface area contributed by atoms with Gasteiger partial charge in [-0.2, -0.15) is 5.26 Å². The molecule has 0 atom stereocenters. The van der Waals surface area contributed by atoms with E-state index < -0.39 is 0 Å². The lowest BCUT2D eigenvalue weighted by Gasteiger charge is -2.10. The van der Waals surface area contributed by atoms with E-state index in [-0.39, 0.29) is 0 Å². The molecule has 1 aromatic carbocycles. The summed E-state index contributed by atoms with van der Waals surface area (Å²) in [5.41, 5.74) is 2.29. The number of benzene rings is 1. The van der Waals surface area contributed by atoms with Gasteiger partial charge < -0.3 is 0 Å². The molecule has 7 heteroatoms. The third kappa shape index (κ3) is 3.06. The van der Waals surface area contributed by atoms with Crippen molar-refractivity contribution in [1.29, 1.82) is 5.26 Å². The van der Waals surface area contributed by atoms with Gasteiger partial charge in [-0.3, -0.25) is 9.55 Å². The van der Waals surface area contributed by atoms with Crippen LogP contribution in [0.2, 0.25) is 0 Å². The Balaban J connectivity index is 1.86. The third-order valence-electron chi connectivity index (χ3n) is 3.65. The maximum absolute atomic E-state index is 9.31. The average Bonchev–Trinajstić information content (AvgIpc) is 3.13. The van der Waals surface area contributed by atoms with Gasteiger partial charge in [-0.15, -0.1) is 10.2 Å². The van der Waals surface area contributed by atoms with E-state index in [0.29, 0.717) is 21.6 Å². The molecule has 0 bridgehead atoms. The summed E-state index contributed by atoms with van der Waals surface area (Å²) in [6.45, 7) is 0. The number of hydrogen-bond acceptors (Lipinski definition) is 6. The van der Waals surface area contributed by atoms with Crippen molar-refractivity contribution in [1.82, 2.24) is 24.7 Å². The highest BCUT2D eigenvalue weighted by molar-refractivity contribution is 7.99. The van der Waals surface area contributed by atoms with Crippen LogP contribution >= 0.6 is 11.8 Å². The minimum Gasteiger partial charge on any atom is -0.270 e. The van der Waals surface area contributed by atoms with Crippen LogP contribution in [0.1, 0.15) is 5.56 Å². The summed E-state index contributed by atoms with van der Waals surface area (Å²) in [7, 11) is 0. The fraction of sp³-hybridized carbons (Fsp3) is 0. The minimum absolute atomic E-state index is 0.503. The fourth-order valence-electron chi connectivity index (χ4n) is 2.47. The van der Waals surface area contributed by atoms with Crippen LogP contribution < -0.4 is 0 Å². The number of para-hydroxylation sites is 1. The van der Waals surface area contributed by atoms with Gasteiger partial charge in [0.25, 0.3) is 0 Å². The molecule has 0 aliphatic carbocycles. The Morgan fingerprint density at radius 2 is 1.77 bits per heavy atom. The van der Waals surface area contributed by atoms with E-state index in [1.165, 1.54) is 11.8 Å². The van der Waals surface area contributed by atoms with Crippen molar-refractivity contribution >= 4 is 11.8 Å². The van der Waals surface area contributed by atoms with E-state index in [2.05, 4.69) is 26.2 Å². The summed E-state index contributed by atoms with van der Waals surface area (Å²) >= 11 is 1.31. The highest BCUT2D eigenvalue weighted by atomic mass is 32.2. The molecule has 124 valence electrons. The minimum atomic E-state index is 0.503. The standard InChI is InChI=1S/C19H12N6S/c20-12-14-6-5-11-22-18(14)26-19-24-23-17(15-7-4-10-21-13-15)25(19)16-8-2-1-3-9-16/h1-11,13H. The summed E-state index contributed by atoms with van der Waals surface area (Å²) in [6, 6.07) is 19.3. The molecule has 4 aromatic rings. The molecule has 3 aromatic heterocycles. The van der Waals surface area contributed by atoms with Gasteiger partial charge in [0.1, 0.15) is 11.1 Å².